The lowest BCUT2D eigenvalue weighted by atomic mass is 9.97. The number of benzene rings is 10. The summed E-state index contributed by atoms with van der Waals surface area (Å²) in [5.41, 5.74) is 16.4. The van der Waals surface area contributed by atoms with E-state index in [1.807, 2.05) is 24.4 Å². The molecule has 0 spiro atoms. The Bertz CT molecular complexity index is 3960. The Hall–Kier alpha value is -8.73. The van der Waals surface area contributed by atoms with Crippen molar-refractivity contribution in [3.8, 4) is 39.1 Å². The maximum Gasteiger partial charge on any atom is 0.135 e. The molecule has 0 saturated carbocycles. The number of pyridine rings is 1. The molecule has 304 valence electrons. The van der Waals surface area contributed by atoms with Crippen molar-refractivity contribution in [1.29, 1.82) is 0 Å². The van der Waals surface area contributed by atoms with E-state index in [1.54, 1.807) is 0 Å². The summed E-state index contributed by atoms with van der Waals surface area (Å²) in [6.45, 7) is 0. The van der Waals surface area contributed by atoms with Crippen molar-refractivity contribution in [3.05, 3.63) is 237 Å². The molecule has 0 bridgehead atoms. The van der Waals surface area contributed by atoms with Gasteiger partial charge in [0.05, 0.1) is 16.6 Å². The lowest BCUT2D eigenvalue weighted by Crippen LogP contribution is -2.10. The number of para-hydroxylation sites is 2. The van der Waals surface area contributed by atoms with Gasteiger partial charge >= 0.3 is 0 Å². The number of hydrogen-bond acceptors (Lipinski definition) is 3. The second-order valence-corrected chi connectivity index (χ2v) is 16.8. The summed E-state index contributed by atoms with van der Waals surface area (Å²) in [6.07, 6.45) is 1.98. The predicted octanol–water partition coefficient (Wildman–Crippen LogP) is 16.9. The fraction of sp³-hybridized carbons (Fsp3) is 0. The molecule has 0 aliphatic heterocycles. The zero-order valence-electron chi connectivity index (χ0n) is 35.3. The van der Waals surface area contributed by atoms with Crippen LogP contribution in [0.25, 0.3) is 104 Å². The van der Waals surface area contributed by atoms with Gasteiger partial charge in [0.25, 0.3) is 0 Å². The Labute approximate surface area is 375 Å². The summed E-state index contributed by atoms with van der Waals surface area (Å²) in [4.78, 5) is 7.29. The topological polar surface area (TPSA) is 34.2 Å². The van der Waals surface area contributed by atoms with Gasteiger partial charge in [-0.2, -0.15) is 0 Å². The van der Waals surface area contributed by atoms with Gasteiger partial charge in [-0.15, -0.1) is 0 Å². The largest absolute Gasteiger partial charge is 0.456 e. The van der Waals surface area contributed by atoms with Crippen molar-refractivity contribution in [3.63, 3.8) is 0 Å². The molecular formula is C61H39N3O. The zero-order chi connectivity index (χ0) is 42.8. The van der Waals surface area contributed by atoms with Gasteiger partial charge in [-0.05, 0) is 130 Å². The molecule has 3 aromatic heterocycles. The molecular weight excluding hydrogens is 791 g/mol. The first-order chi connectivity index (χ1) is 32.2. The lowest BCUT2D eigenvalue weighted by molar-refractivity contribution is 0.669. The number of hydrogen-bond donors (Lipinski definition) is 0. The van der Waals surface area contributed by atoms with E-state index in [1.165, 1.54) is 49.3 Å². The zero-order valence-corrected chi connectivity index (χ0v) is 35.3. The number of fused-ring (bicyclic) bond motifs is 8. The van der Waals surface area contributed by atoms with Gasteiger partial charge in [-0.1, -0.05) is 140 Å². The summed E-state index contributed by atoms with van der Waals surface area (Å²) in [7, 11) is 0. The molecule has 4 nitrogen and oxygen atoms in total. The summed E-state index contributed by atoms with van der Waals surface area (Å²) in [5.74, 6) is 0. The van der Waals surface area contributed by atoms with Crippen LogP contribution in [0.3, 0.4) is 0 Å². The van der Waals surface area contributed by atoms with Crippen LogP contribution >= 0.6 is 0 Å². The van der Waals surface area contributed by atoms with Crippen LogP contribution in [-0.2, 0) is 0 Å². The van der Waals surface area contributed by atoms with Crippen molar-refractivity contribution in [2.24, 2.45) is 0 Å². The minimum absolute atomic E-state index is 0.898. The Kier molecular flexibility index (Phi) is 8.50. The molecule has 0 N–H and O–H groups in total. The van der Waals surface area contributed by atoms with Gasteiger partial charge < -0.3 is 13.9 Å². The second kappa shape index (κ2) is 15.0. The number of furan rings is 1. The van der Waals surface area contributed by atoms with E-state index in [9.17, 15) is 0 Å². The van der Waals surface area contributed by atoms with Crippen LogP contribution in [0.5, 0.6) is 0 Å². The Morgan fingerprint density at radius 2 is 0.969 bits per heavy atom. The van der Waals surface area contributed by atoms with E-state index in [2.05, 4.69) is 222 Å². The predicted molar refractivity (Wildman–Crippen MR) is 272 cm³/mol. The number of nitrogens with zero attached hydrogens (tertiary/aromatic N) is 3. The molecule has 10 aromatic carbocycles. The molecule has 0 unspecified atom stereocenters. The first kappa shape index (κ1) is 36.9. The van der Waals surface area contributed by atoms with Gasteiger partial charge in [0.2, 0.25) is 0 Å². The monoisotopic (exact) mass is 829 g/mol. The highest BCUT2D eigenvalue weighted by atomic mass is 16.3. The first-order valence-corrected chi connectivity index (χ1v) is 22.1. The molecule has 0 aliphatic rings. The highest BCUT2D eigenvalue weighted by Gasteiger charge is 2.18. The third-order valence-corrected chi connectivity index (χ3v) is 13.0. The van der Waals surface area contributed by atoms with Crippen LogP contribution in [0.2, 0.25) is 0 Å². The van der Waals surface area contributed by atoms with Gasteiger partial charge in [-0.25, -0.2) is 0 Å². The van der Waals surface area contributed by atoms with Gasteiger partial charge in [-0.3, -0.25) is 4.98 Å². The van der Waals surface area contributed by atoms with E-state index in [-0.39, 0.29) is 0 Å². The standard InChI is InChI=1S/C61H39N3O/c1-2-11-40(12-3-1)48-34-47-24-29-52(38-57(47)62-39-48)63(50-28-23-41-13-4-5-14-45(41)35-50)49-26-21-42(22-27-49)43-15-10-16-44(33-43)46-25-31-59-55(36-46)53-17-6-8-19-58(53)64(59)51-30-32-61-56(37-51)54-18-7-9-20-60(54)65-61/h1-39H. The smallest absolute Gasteiger partial charge is 0.135 e. The number of rotatable bonds is 7. The molecule has 4 heteroatoms. The summed E-state index contributed by atoms with van der Waals surface area (Å²) in [6, 6.07) is 82.7. The molecule has 3 heterocycles. The molecule has 0 atom stereocenters. The second-order valence-electron chi connectivity index (χ2n) is 16.8. The quantitative estimate of drug-likeness (QED) is 0.160. The molecule has 13 rings (SSSR count). The maximum absolute atomic E-state index is 6.19. The van der Waals surface area contributed by atoms with Gasteiger partial charge in [0.15, 0.2) is 0 Å². The van der Waals surface area contributed by atoms with E-state index in [0.29, 0.717) is 0 Å². The Balaban J connectivity index is 0.860. The lowest BCUT2D eigenvalue weighted by Gasteiger charge is -2.26. The Morgan fingerprint density at radius 3 is 1.85 bits per heavy atom. The summed E-state index contributed by atoms with van der Waals surface area (Å²) < 4.78 is 8.57. The summed E-state index contributed by atoms with van der Waals surface area (Å²) in [5, 5.41) is 8.21. The fourth-order valence-corrected chi connectivity index (χ4v) is 9.77. The van der Waals surface area contributed by atoms with Crippen molar-refractivity contribution in [2.75, 3.05) is 4.90 Å². The van der Waals surface area contributed by atoms with Crippen LogP contribution in [-0.4, -0.2) is 9.55 Å². The molecule has 13 aromatic rings. The first-order valence-electron chi connectivity index (χ1n) is 22.1. The van der Waals surface area contributed by atoms with E-state index in [4.69, 9.17) is 9.40 Å². The molecule has 65 heavy (non-hydrogen) atoms. The molecule has 0 radical (unpaired) electrons. The normalized spacial score (nSPS) is 11.7. The van der Waals surface area contributed by atoms with E-state index < -0.39 is 0 Å². The third kappa shape index (κ3) is 6.34. The van der Waals surface area contributed by atoms with Crippen LogP contribution < -0.4 is 4.90 Å². The van der Waals surface area contributed by atoms with Crippen LogP contribution in [0.15, 0.2) is 241 Å². The van der Waals surface area contributed by atoms with Gasteiger partial charge in [0, 0.05) is 61.4 Å². The van der Waals surface area contributed by atoms with E-state index in [0.717, 1.165) is 72.3 Å². The molecule has 0 fully saturated rings. The van der Waals surface area contributed by atoms with Crippen LogP contribution in [0, 0.1) is 0 Å². The molecule has 0 saturated heterocycles. The van der Waals surface area contributed by atoms with Crippen molar-refractivity contribution in [1.82, 2.24) is 9.55 Å². The molecule has 0 aliphatic carbocycles. The van der Waals surface area contributed by atoms with Crippen molar-refractivity contribution >= 4 is 82.5 Å². The third-order valence-electron chi connectivity index (χ3n) is 13.0. The van der Waals surface area contributed by atoms with Crippen LogP contribution in [0.1, 0.15) is 0 Å². The minimum Gasteiger partial charge on any atom is -0.456 e. The number of aromatic nitrogens is 2. The highest BCUT2D eigenvalue weighted by molar-refractivity contribution is 6.11. The van der Waals surface area contributed by atoms with Crippen molar-refractivity contribution in [2.45, 2.75) is 0 Å². The Morgan fingerprint density at radius 1 is 0.338 bits per heavy atom. The van der Waals surface area contributed by atoms with Crippen LogP contribution in [0.4, 0.5) is 17.1 Å². The minimum atomic E-state index is 0.898. The summed E-state index contributed by atoms with van der Waals surface area (Å²) >= 11 is 0. The average molecular weight is 830 g/mol. The van der Waals surface area contributed by atoms with Crippen molar-refractivity contribution < 1.29 is 4.42 Å². The molecule has 0 amide bonds. The fourth-order valence-electron chi connectivity index (χ4n) is 9.77. The highest BCUT2D eigenvalue weighted by Crippen LogP contribution is 2.41. The van der Waals surface area contributed by atoms with E-state index >= 15 is 0 Å². The van der Waals surface area contributed by atoms with Gasteiger partial charge in [0.1, 0.15) is 11.2 Å². The maximum atomic E-state index is 6.19. The SMILES string of the molecule is c1ccc(-c2cnc3cc(N(c4ccc(-c5cccc(-c6ccc7c(c6)c6ccccc6n7-c6ccc7oc8ccccc8c7c6)c5)cc4)c4ccc5ccccc5c4)ccc3c2)cc1. The average Bonchev–Trinajstić information content (AvgIpc) is 3.92. The number of anilines is 3.